The zero-order valence-corrected chi connectivity index (χ0v) is 18.0. The lowest BCUT2D eigenvalue weighted by Gasteiger charge is -2.28. The maximum Gasteiger partial charge on any atom is 0.573 e. The van der Waals surface area contributed by atoms with Gasteiger partial charge < -0.3 is 9.84 Å². The minimum absolute atomic E-state index is 0.0300. The molecule has 2 aliphatic rings. The summed E-state index contributed by atoms with van der Waals surface area (Å²) in [7, 11) is 0. The predicted octanol–water partition coefficient (Wildman–Crippen LogP) is 5.98. The Morgan fingerprint density at radius 2 is 1.94 bits per heavy atom. The Morgan fingerprint density at radius 3 is 2.55 bits per heavy atom. The average molecular weight is 478 g/mol. The molecule has 172 valence electrons. The largest absolute Gasteiger partial charge is 0.573 e. The van der Waals surface area contributed by atoms with Gasteiger partial charge in [-0.2, -0.15) is 10.4 Å². The highest BCUT2D eigenvalue weighted by Crippen LogP contribution is 2.39. The molecule has 0 saturated heterocycles. The number of ether oxygens (including phenoxy) is 1. The number of nitrogens with zero attached hydrogens (tertiary/aromatic N) is 3. The van der Waals surface area contributed by atoms with E-state index in [1.54, 1.807) is 18.2 Å². The third-order valence-corrected chi connectivity index (χ3v) is 6.31. The summed E-state index contributed by atoms with van der Waals surface area (Å²) < 4.78 is 42.5. The maximum atomic E-state index is 12.9. The fourth-order valence-electron chi connectivity index (χ4n) is 4.49. The molecular formula is C23H19ClF3N3O3. The second-order valence-corrected chi connectivity index (χ2v) is 8.45. The van der Waals surface area contributed by atoms with E-state index in [0.29, 0.717) is 34.9 Å². The standard InChI is InChI=1S/C23H19ClF3N3O3/c24-18-10-16(7-5-15(18)12-28)30-20(13-3-1-2-4-13)11-19(29-30)14-6-8-17(22(31)32)21(9-14)33-23(25,26)27/h5-10,13,20H,1-4,11H2,(H,31,32)/t20-/m1/s1. The summed E-state index contributed by atoms with van der Waals surface area (Å²) in [6, 6.07) is 10.6. The molecule has 1 aliphatic carbocycles. The first-order valence-corrected chi connectivity index (χ1v) is 10.7. The van der Waals surface area contributed by atoms with Crippen molar-refractivity contribution < 1.29 is 27.8 Å². The number of carboxylic acid groups (broad SMARTS) is 1. The normalized spacial score (nSPS) is 18.8. The number of alkyl halides is 3. The molecule has 4 rings (SSSR count). The molecule has 6 nitrogen and oxygen atoms in total. The lowest BCUT2D eigenvalue weighted by molar-refractivity contribution is -0.274. The zero-order valence-electron chi connectivity index (χ0n) is 17.3. The van der Waals surface area contributed by atoms with Gasteiger partial charge in [-0.05, 0) is 49.1 Å². The molecule has 10 heteroatoms. The van der Waals surface area contributed by atoms with Crippen molar-refractivity contribution in [1.82, 2.24) is 0 Å². The molecule has 1 heterocycles. The number of hydrogen-bond donors (Lipinski definition) is 1. The van der Waals surface area contributed by atoms with E-state index < -0.39 is 23.6 Å². The van der Waals surface area contributed by atoms with Crippen LogP contribution >= 0.6 is 11.6 Å². The van der Waals surface area contributed by atoms with E-state index in [2.05, 4.69) is 9.84 Å². The lowest BCUT2D eigenvalue weighted by Crippen LogP contribution is -2.32. The fourth-order valence-corrected chi connectivity index (χ4v) is 4.70. The van der Waals surface area contributed by atoms with E-state index in [9.17, 15) is 23.1 Å². The third kappa shape index (κ3) is 4.91. The summed E-state index contributed by atoms with van der Waals surface area (Å²) in [6.45, 7) is 0. The molecule has 2 aromatic rings. The number of halogens is 4. The van der Waals surface area contributed by atoms with E-state index in [4.69, 9.17) is 16.9 Å². The monoisotopic (exact) mass is 477 g/mol. The Bertz CT molecular complexity index is 1150. The van der Waals surface area contributed by atoms with Crippen molar-refractivity contribution in [2.75, 3.05) is 5.01 Å². The van der Waals surface area contributed by atoms with Crippen LogP contribution in [0.15, 0.2) is 41.5 Å². The Kier molecular flexibility index (Phi) is 6.21. The number of carboxylic acids is 1. The predicted molar refractivity (Wildman–Crippen MR) is 116 cm³/mol. The number of hydrazone groups is 1. The molecule has 1 fully saturated rings. The molecule has 0 amide bonds. The molecule has 0 radical (unpaired) electrons. The molecule has 0 unspecified atom stereocenters. The molecule has 0 spiro atoms. The zero-order chi connectivity index (χ0) is 23.8. The van der Waals surface area contributed by atoms with Crippen molar-refractivity contribution in [1.29, 1.82) is 5.26 Å². The second-order valence-electron chi connectivity index (χ2n) is 8.05. The van der Waals surface area contributed by atoms with Gasteiger partial charge in [0.1, 0.15) is 17.4 Å². The van der Waals surface area contributed by atoms with Gasteiger partial charge in [0.15, 0.2) is 0 Å². The summed E-state index contributed by atoms with van der Waals surface area (Å²) in [5, 5.41) is 25.2. The molecule has 1 atom stereocenters. The van der Waals surface area contributed by atoms with Crippen LogP contribution in [-0.2, 0) is 0 Å². The molecule has 1 saturated carbocycles. The minimum atomic E-state index is -5.03. The summed E-state index contributed by atoms with van der Waals surface area (Å²) in [5.74, 6) is -1.97. The Balaban J connectivity index is 1.73. The summed E-state index contributed by atoms with van der Waals surface area (Å²) in [6.07, 6.45) is -0.356. The Hall–Kier alpha value is -3.25. The van der Waals surface area contributed by atoms with Gasteiger partial charge in [-0.3, -0.25) is 5.01 Å². The van der Waals surface area contributed by atoms with Gasteiger partial charge in [0.2, 0.25) is 0 Å². The highest BCUT2D eigenvalue weighted by molar-refractivity contribution is 6.32. The number of carbonyl (C=O) groups is 1. The SMILES string of the molecule is N#Cc1ccc(N2N=C(c3ccc(C(=O)O)c(OC(F)(F)F)c3)C[C@@H]2C2CCCC2)cc1Cl. The van der Waals surface area contributed by atoms with Crippen molar-refractivity contribution in [3.05, 3.63) is 58.1 Å². The van der Waals surface area contributed by atoms with Crippen LogP contribution in [0.5, 0.6) is 5.75 Å². The van der Waals surface area contributed by atoms with Gasteiger partial charge in [-0.25, -0.2) is 4.79 Å². The van der Waals surface area contributed by atoms with Gasteiger partial charge in [0, 0.05) is 12.0 Å². The van der Waals surface area contributed by atoms with E-state index in [1.165, 1.54) is 6.07 Å². The Labute approximate surface area is 192 Å². The smallest absolute Gasteiger partial charge is 0.478 e. The summed E-state index contributed by atoms with van der Waals surface area (Å²) in [4.78, 5) is 11.4. The van der Waals surface area contributed by atoms with Crippen molar-refractivity contribution in [2.24, 2.45) is 11.0 Å². The van der Waals surface area contributed by atoms with Crippen LogP contribution in [-0.4, -0.2) is 29.2 Å². The summed E-state index contributed by atoms with van der Waals surface area (Å²) in [5.41, 5.74) is 1.30. The molecule has 0 aromatic heterocycles. The van der Waals surface area contributed by atoms with Gasteiger partial charge in [0.05, 0.1) is 28.0 Å². The third-order valence-electron chi connectivity index (χ3n) is 6.00. The van der Waals surface area contributed by atoms with Crippen molar-refractivity contribution >= 4 is 29.0 Å². The Morgan fingerprint density at radius 1 is 1.21 bits per heavy atom. The summed E-state index contributed by atoms with van der Waals surface area (Å²) >= 11 is 6.22. The molecule has 0 bridgehead atoms. The van der Waals surface area contributed by atoms with E-state index in [1.807, 2.05) is 11.1 Å². The molecule has 2 aromatic carbocycles. The van der Waals surface area contributed by atoms with Crippen molar-refractivity contribution in [3.8, 4) is 11.8 Å². The van der Waals surface area contributed by atoms with E-state index >= 15 is 0 Å². The van der Waals surface area contributed by atoms with Crippen LogP contribution in [0.4, 0.5) is 18.9 Å². The van der Waals surface area contributed by atoms with E-state index in [0.717, 1.165) is 37.8 Å². The van der Waals surface area contributed by atoms with Crippen LogP contribution < -0.4 is 9.75 Å². The van der Waals surface area contributed by atoms with Gasteiger partial charge >= 0.3 is 12.3 Å². The van der Waals surface area contributed by atoms with Gasteiger partial charge in [0.25, 0.3) is 0 Å². The number of anilines is 1. The topological polar surface area (TPSA) is 85.9 Å². The first-order chi connectivity index (χ1) is 15.7. The second kappa shape index (κ2) is 8.94. The van der Waals surface area contributed by atoms with Gasteiger partial charge in [-0.15, -0.1) is 13.2 Å². The van der Waals surface area contributed by atoms with Crippen LogP contribution in [0, 0.1) is 17.2 Å². The lowest BCUT2D eigenvalue weighted by atomic mass is 9.91. The highest BCUT2D eigenvalue weighted by Gasteiger charge is 2.37. The molecule has 1 N–H and O–H groups in total. The van der Waals surface area contributed by atoms with E-state index in [-0.39, 0.29) is 11.1 Å². The van der Waals surface area contributed by atoms with Crippen molar-refractivity contribution in [2.45, 2.75) is 44.5 Å². The minimum Gasteiger partial charge on any atom is -0.478 e. The molecular weight excluding hydrogens is 459 g/mol. The highest BCUT2D eigenvalue weighted by atomic mass is 35.5. The van der Waals surface area contributed by atoms with Crippen LogP contribution in [0.3, 0.4) is 0 Å². The van der Waals surface area contributed by atoms with Crippen LogP contribution in [0.1, 0.15) is 53.6 Å². The van der Waals surface area contributed by atoms with Gasteiger partial charge in [-0.1, -0.05) is 30.5 Å². The average Bonchev–Trinajstić information content (AvgIpc) is 3.42. The quantitative estimate of drug-likeness (QED) is 0.572. The van der Waals surface area contributed by atoms with Crippen molar-refractivity contribution in [3.63, 3.8) is 0 Å². The number of benzene rings is 2. The maximum absolute atomic E-state index is 12.9. The van der Waals surface area contributed by atoms with Crippen LogP contribution in [0.25, 0.3) is 0 Å². The number of hydrogen-bond acceptors (Lipinski definition) is 5. The van der Waals surface area contributed by atoms with Crippen LogP contribution in [0.2, 0.25) is 5.02 Å². The number of nitriles is 1. The fraction of sp³-hybridized carbons (Fsp3) is 0.348. The number of aromatic carboxylic acids is 1. The first kappa shape index (κ1) is 22.9. The molecule has 33 heavy (non-hydrogen) atoms. The first-order valence-electron chi connectivity index (χ1n) is 10.4. The molecule has 1 aliphatic heterocycles. The number of rotatable bonds is 5.